The average molecular weight is 371 g/mol. The highest BCUT2D eigenvalue weighted by atomic mass is 16.5. The zero-order chi connectivity index (χ0) is 19.2. The third kappa shape index (κ3) is 4.24. The molecule has 0 radical (unpaired) electrons. The lowest BCUT2D eigenvalue weighted by atomic mass is 10.0. The molecule has 27 heavy (non-hydrogen) atoms. The average Bonchev–Trinajstić information content (AvgIpc) is 3.21. The van der Waals surface area contributed by atoms with Crippen molar-refractivity contribution in [1.82, 2.24) is 15.2 Å². The van der Waals surface area contributed by atoms with Gasteiger partial charge in [0.1, 0.15) is 11.5 Å². The highest BCUT2D eigenvalue weighted by molar-refractivity contribution is 5.75. The molecule has 1 N–H and O–H groups in total. The van der Waals surface area contributed by atoms with Gasteiger partial charge in [-0.1, -0.05) is 0 Å². The molecule has 0 bridgehead atoms. The van der Waals surface area contributed by atoms with E-state index >= 15 is 0 Å². The SMILES string of the molecule is COc1ccc(OC)c(C2CCCN2C(=O)NCc2ccnc(OC)c2)c1. The largest absolute Gasteiger partial charge is 0.497 e. The van der Waals surface area contributed by atoms with E-state index < -0.39 is 0 Å². The van der Waals surface area contributed by atoms with Crippen LogP contribution in [0.3, 0.4) is 0 Å². The Morgan fingerprint density at radius 3 is 2.78 bits per heavy atom. The molecule has 1 aliphatic rings. The molecule has 1 aromatic heterocycles. The molecule has 0 spiro atoms. The quantitative estimate of drug-likeness (QED) is 0.844. The Morgan fingerprint density at radius 2 is 2.04 bits per heavy atom. The summed E-state index contributed by atoms with van der Waals surface area (Å²) >= 11 is 0. The molecule has 0 aliphatic carbocycles. The first kappa shape index (κ1) is 18.8. The maximum atomic E-state index is 12.8. The lowest BCUT2D eigenvalue weighted by Gasteiger charge is -2.27. The molecule has 1 fully saturated rings. The zero-order valence-electron chi connectivity index (χ0n) is 15.9. The van der Waals surface area contributed by atoms with E-state index in [1.165, 1.54) is 0 Å². The van der Waals surface area contributed by atoms with Crippen LogP contribution in [-0.4, -0.2) is 43.8 Å². The van der Waals surface area contributed by atoms with Crippen LogP contribution in [0, 0.1) is 0 Å². The van der Waals surface area contributed by atoms with Gasteiger partial charge in [-0.3, -0.25) is 0 Å². The normalized spacial score (nSPS) is 16.1. The second-order valence-electron chi connectivity index (χ2n) is 6.32. The number of pyridine rings is 1. The number of aromatic nitrogens is 1. The Hall–Kier alpha value is -2.96. The van der Waals surface area contributed by atoms with E-state index in [0.717, 1.165) is 35.5 Å². The molecular formula is C20H25N3O4. The fraction of sp³-hybridized carbons (Fsp3) is 0.400. The number of urea groups is 1. The first-order valence-corrected chi connectivity index (χ1v) is 8.91. The number of nitrogens with one attached hydrogen (secondary N) is 1. The van der Waals surface area contributed by atoms with E-state index in [1.54, 1.807) is 27.5 Å². The Kier molecular flexibility index (Phi) is 6.01. The molecule has 2 amide bonds. The van der Waals surface area contributed by atoms with Crippen molar-refractivity contribution in [3.63, 3.8) is 0 Å². The van der Waals surface area contributed by atoms with Crippen molar-refractivity contribution in [2.75, 3.05) is 27.9 Å². The molecule has 2 heterocycles. The van der Waals surface area contributed by atoms with E-state index in [-0.39, 0.29) is 12.1 Å². The fourth-order valence-electron chi connectivity index (χ4n) is 3.38. The summed E-state index contributed by atoms with van der Waals surface area (Å²) in [5.74, 6) is 2.04. The van der Waals surface area contributed by atoms with Crippen LogP contribution in [0.15, 0.2) is 36.5 Å². The number of hydrogen-bond acceptors (Lipinski definition) is 5. The number of nitrogens with zero attached hydrogens (tertiary/aromatic N) is 2. The Morgan fingerprint density at radius 1 is 1.19 bits per heavy atom. The maximum absolute atomic E-state index is 12.8. The Labute approximate surface area is 159 Å². The summed E-state index contributed by atoms with van der Waals surface area (Å²) in [7, 11) is 4.84. The van der Waals surface area contributed by atoms with Crippen molar-refractivity contribution in [1.29, 1.82) is 0 Å². The van der Waals surface area contributed by atoms with Crippen molar-refractivity contribution in [2.24, 2.45) is 0 Å². The zero-order valence-corrected chi connectivity index (χ0v) is 15.9. The number of hydrogen-bond donors (Lipinski definition) is 1. The van der Waals surface area contributed by atoms with Gasteiger partial charge in [0.05, 0.1) is 27.4 Å². The highest BCUT2D eigenvalue weighted by Gasteiger charge is 2.32. The third-order valence-electron chi connectivity index (χ3n) is 4.76. The monoisotopic (exact) mass is 371 g/mol. The summed E-state index contributed by atoms with van der Waals surface area (Å²) in [4.78, 5) is 18.7. The number of carbonyl (C=O) groups is 1. The van der Waals surface area contributed by atoms with Gasteiger partial charge in [-0.15, -0.1) is 0 Å². The lowest BCUT2D eigenvalue weighted by Crippen LogP contribution is -2.39. The number of likely N-dealkylation sites (tertiary alicyclic amines) is 1. The molecule has 1 aliphatic heterocycles. The van der Waals surface area contributed by atoms with Gasteiger partial charge in [0, 0.05) is 30.9 Å². The van der Waals surface area contributed by atoms with E-state index in [2.05, 4.69) is 10.3 Å². The lowest BCUT2D eigenvalue weighted by molar-refractivity contribution is 0.191. The molecule has 1 unspecified atom stereocenters. The van der Waals surface area contributed by atoms with Gasteiger partial charge in [0.25, 0.3) is 0 Å². The molecule has 144 valence electrons. The number of benzene rings is 1. The van der Waals surface area contributed by atoms with Crippen molar-refractivity contribution >= 4 is 6.03 Å². The van der Waals surface area contributed by atoms with Crippen LogP contribution in [0.25, 0.3) is 0 Å². The molecule has 3 rings (SSSR count). The van der Waals surface area contributed by atoms with Gasteiger partial charge in [0.15, 0.2) is 0 Å². The maximum Gasteiger partial charge on any atom is 0.318 e. The first-order chi connectivity index (χ1) is 13.2. The van der Waals surface area contributed by atoms with Gasteiger partial charge in [-0.25, -0.2) is 9.78 Å². The van der Waals surface area contributed by atoms with Gasteiger partial charge in [-0.05, 0) is 42.7 Å². The predicted octanol–water partition coefficient (Wildman–Crippen LogP) is 3.15. The Bertz CT molecular complexity index is 797. The second-order valence-corrected chi connectivity index (χ2v) is 6.32. The summed E-state index contributed by atoms with van der Waals surface area (Å²) in [6, 6.07) is 9.22. The van der Waals surface area contributed by atoms with Crippen LogP contribution in [0.1, 0.15) is 30.0 Å². The van der Waals surface area contributed by atoms with Gasteiger partial charge < -0.3 is 24.4 Å². The highest BCUT2D eigenvalue weighted by Crippen LogP contribution is 2.38. The predicted molar refractivity (Wildman–Crippen MR) is 101 cm³/mol. The van der Waals surface area contributed by atoms with E-state index in [9.17, 15) is 4.79 Å². The van der Waals surface area contributed by atoms with Crippen LogP contribution in [0.2, 0.25) is 0 Å². The van der Waals surface area contributed by atoms with Crippen molar-refractivity contribution in [3.8, 4) is 17.4 Å². The van der Waals surface area contributed by atoms with E-state index in [4.69, 9.17) is 14.2 Å². The number of rotatable bonds is 6. The van der Waals surface area contributed by atoms with Crippen molar-refractivity contribution < 1.29 is 19.0 Å². The number of carbonyl (C=O) groups excluding carboxylic acids is 1. The molecule has 1 saturated heterocycles. The van der Waals surface area contributed by atoms with Crippen molar-refractivity contribution in [3.05, 3.63) is 47.7 Å². The summed E-state index contributed by atoms with van der Waals surface area (Å²) in [6.45, 7) is 1.12. The smallest absolute Gasteiger partial charge is 0.318 e. The number of amides is 2. The minimum atomic E-state index is -0.0989. The van der Waals surface area contributed by atoms with E-state index in [1.807, 2.05) is 35.2 Å². The standard InChI is InChI=1S/C20H25N3O4/c1-25-15-6-7-18(26-2)16(12-15)17-5-4-10-23(17)20(24)22-13-14-8-9-21-19(11-14)27-3/h6-9,11-12,17H,4-5,10,13H2,1-3H3,(H,22,24). The third-order valence-corrected chi connectivity index (χ3v) is 4.76. The minimum absolute atomic E-state index is 0.0398. The summed E-state index contributed by atoms with van der Waals surface area (Å²) in [5.41, 5.74) is 1.90. The van der Waals surface area contributed by atoms with Crippen LogP contribution in [0.4, 0.5) is 4.79 Å². The molecular weight excluding hydrogens is 346 g/mol. The van der Waals surface area contributed by atoms with Crippen LogP contribution in [-0.2, 0) is 6.54 Å². The molecule has 0 saturated carbocycles. The fourth-order valence-corrected chi connectivity index (χ4v) is 3.38. The molecule has 1 aromatic carbocycles. The van der Waals surface area contributed by atoms with Crippen LogP contribution in [0.5, 0.6) is 17.4 Å². The second kappa shape index (κ2) is 8.62. The van der Waals surface area contributed by atoms with Crippen LogP contribution >= 0.6 is 0 Å². The van der Waals surface area contributed by atoms with E-state index in [0.29, 0.717) is 19.0 Å². The topological polar surface area (TPSA) is 72.9 Å². The summed E-state index contributed by atoms with van der Waals surface area (Å²) < 4.78 is 16.0. The summed E-state index contributed by atoms with van der Waals surface area (Å²) in [6.07, 6.45) is 3.50. The summed E-state index contributed by atoms with van der Waals surface area (Å²) in [5, 5.41) is 2.99. The number of methoxy groups -OCH3 is 3. The van der Waals surface area contributed by atoms with Gasteiger partial charge in [-0.2, -0.15) is 0 Å². The van der Waals surface area contributed by atoms with Gasteiger partial charge >= 0.3 is 6.03 Å². The first-order valence-electron chi connectivity index (χ1n) is 8.91. The Balaban J connectivity index is 1.73. The molecule has 7 heteroatoms. The van der Waals surface area contributed by atoms with Crippen LogP contribution < -0.4 is 19.5 Å². The van der Waals surface area contributed by atoms with Crippen molar-refractivity contribution in [2.45, 2.75) is 25.4 Å². The number of ether oxygens (including phenoxy) is 3. The molecule has 2 aromatic rings. The molecule has 1 atom stereocenters. The minimum Gasteiger partial charge on any atom is -0.497 e. The molecule has 7 nitrogen and oxygen atoms in total. The van der Waals surface area contributed by atoms with Gasteiger partial charge in [0.2, 0.25) is 5.88 Å².